The molecule has 0 spiro atoms. The van der Waals surface area contributed by atoms with Gasteiger partial charge in [0.2, 0.25) is 5.91 Å². The predicted molar refractivity (Wildman–Crippen MR) is 67.4 cm³/mol. The predicted octanol–water partition coefficient (Wildman–Crippen LogP) is 2.21. The molecule has 1 amide bonds. The number of carbonyl (C=O) groups excluding carboxylic acids is 1. The van der Waals surface area contributed by atoms with Gasteiger partial charge in [0.05, 0.1) is 6.54 Å². The molecule has 0 aromatic rings. The third-order valence-electron chi connectivity index (χ3n) is 3.58. The molecule has 0 radical (unpaired) electrons. The molecule has 1 rings (SSSR count). The molecule has 0 aliphatic heterocycles. The molecule has 0 aromatic heterocycles. The van der Waals surface area contributed by atoms with E-state index in [-0.39, 0.29) is 11.4 Å². The van der Waals surface area contributed by atoms with Crippen molar-refractivity contribution in [1.82, 2.24) is 10.6 Å². The lowest BCUT2D eigenvalue weighted by Gasteiger charge is -2.26. The third kappa shape index (κ3) is 4.97. The topological polar surface area (TPSA) is 41.1 Å². The molecule has 2 N–H and O–H groups in total. The highest BCUT2D eigenvalue weighted by molar-refractivity contribution is 5.78. The van der Waals surface area contributed by atoms with Crippen LogP contribution in [0.5, 0.6) is 0 Å². The van der Waals surface area contributed by atoms with Crippen molar-refractivity contribution in [3.63, 3.8) is 0 Å². The van der Waals surface area contributed by atoms with Crippen molar-refractivity contribution < 1.29 is 4.79 Å². The van der Waals surface area contributed by atoms with Crippen LogP contribution in [0.4, 0.5) is 0 Å². The summed E-state index contributed by atoms with van der Waals surface area (Å²) in [6.45, 7) is 6.82. The molecular weight excluding hydrogens is 200 g/mol. The molecule has 0 bridgehead atoms. The maximum absolute atomic E-state index is 11.7. The van der Waals surface area contributed by atoms with Crippen molar-refractivity contribution in [2.45, 2.75) is 70.9 Å². The van der Waals surface area contributed by atoms with Crippen LogP contribution >= 0.6 is 0 Å². The molecule has 1 aliphatic carbocycles. The molecule has 0 atom stereocenters. The van der Waals surface area contributed by atoms with E-state index in [2.05, 4.69) is 31.4 Å². The van der Waals surface area contributed by atoms with Crippen LogP contribution < -0.4 is 10.6 Å². The second-order valence-corrected chi connectivity index (χ2v) is 5.49. The van der Waals surface area contributed by atoms with Gasteiger partial charge in [-0.25, -0.2) is 0 Å². The minimum atomic E-state index is 0.0594. The quantitative estimate of drug-likeness (QED) is 0.754. The van der Waals surface area contributed by atoms with Gasteiger partial charge in [-0.3, -0.25) is 4.79 Å². The fraction of sp³-hybridized carbons (Fsp3) is 0.923. The number of carbonyl (C=O) groups is 1. The van der Waals surface area contributed by atoms with Crippen LogP contribution in [0, 0.1) is 0 Å². The molecule has 3 heteroatoms. The van der Waals surface area contributed by atoms with E-state index in [0.717, 1.165) is 19.3 Å². The maximum atomic E-state index is 11.7. The van der Waals surface area contributed by atoms with E-state index in [1.54, 1.807) is 0 Å². The van der Waals surface area contributed by atoms with Gasteiger partial charge in [0.15, 0.2) is 0 Å². The average molecular weight is 226 g/mol. The summed E-state index contributed by atoms with van der Waals surface area (Å²) in [6.07, 6.45) is 7.20. The molecule has 0 heterocycles. The first kappa shape index (κ1) is 13.5. The highest BCUT2D eigenvalue weighted by atomic mass is 16.2. The lowest BCUT2D eigenvalue weighted by molar-refractivity contribution is -0.121. The second-order valence-electron chi connectivity index (χ2n) is 5.49. The zero-order chi connectivity index (χ0) is 12.0. The fourth-order valence-corrected chi connectivity index (χ4v) is 1.97. The van der Waals surface area contributed by atoms with Crippen molar-refractivity contribution in [1.29, 1.82) is 0 Å². The smallest absolute Gasteiger partial charge is 0.234 e. The number of hydrogen-bond donors (Lipinski definition) is 2. The molecule has 3 nitrogen and oxygen atoms in total. The SMILES string of the molecule is CCC(C)(C)NCC(=O)NC1CCCCC1. The molecular formula is C13H26N2O. The Morgan fingerprint density at radius 2 is 1.88 bits per heavy atom. The van der Waals surface area contributed by atoms with Gasteiger partial charge in [-0.05, 0) is 33.1 Å². The second kappa shape index (κ2) is 6.24. The van der Waals surface area contributed by atoms with E-state index in [1.165, 1.54) is 19.3 Å². The van der Waals surface area contributed by atoms with Crippen molar-refractivity contribution >= 4 is 5.91 Å². The van der Waals surface area contributed by atoms with Gasteiger partial charge in [-0.1, -0.05) is 26.2 Å². The first-order valence-electron chi connectivity index (χ1n) is 6.58. The van der Waals surface area contributed by atoms with E-state index in [1.807, 2.05) is 0 Å². The summed E-state index contributed by atoms with van der Waals surface area (Å²) < 4.78 is 0. The van der Waals surface area contributed by atoms with Gasteiger partial charge < -0.3 is 10.6 Å². The van der Waals surface area contributed by atoms with E-state index in [0.29, 0.717) is 12.6 Å². The summed E-state index contributed by atoms with van der Waals surface area (Å²) in [4.78, 5) is 11.7. The van der Waals surface area contributed by atoms with Crippen LogP contribution in [0.3, 0.4) is 0 Å². The van der Waals surface area contributed by atoms with E-state index < -0.39 is 0 Å². The minimum absolute atomic E-state index is 0.0594. The molecule has 1 saturated carbocycles. The van der Waals surface area contributed by atoms with Crippen LogP contribution in [0.15, 0.2) is 0 Å². The summed E-state index contributed by atoms with van der Waals surface area (Å²) in [5, 5.41) is 6.40. The van der Waals surface area contributed by atoms with E-state index in [9.17, 15) is 4.79 Å². The molecule has 0 aromatic carbocycles. The first-order valence-corrected chi connectivity index (χ1v) is 6.58. The summed E-state index contributed by atoms with van der Waals surface area (Å²) in [6, 6.07) is 0.424. The van der Waals surface area contributed by atoms with Crippen LogP contribution in [0.1, 0.15) is 59.3 Å². The Morgan fingerprint density at radius 1 is 1.25 bits per heavy atom. The lowest BCUT2D eigenvalue weighted by Crippen LogP contribution is -2.47. The van der Waals surface area contributed by atoms with Crippen LogP contribution in [0.25, 0.3) is 0 Å². The van der Waals surface area contributed by atoms with Crippen molar-refractivity contribution in [3.05, 3.63) is 0 Å². The van der Waals surface area contributed by atoms with Gasteiger partial charge in [0.25, 0.3) is 0 Å². The standard InChI is InChI=1S/C13H26N2O/c1-4-13(2,3)14-10-12(16)15-11-8-6-5-7-9-11/h11,14H,4-10H2,1-3H3,(H,15,16). The Hall–Kier alpha value is -0.570. The Bertz CT molecular complexity index is 220. The zero-order valence-corrected chi connectivity index (χ0v) is 10.9. The van der Waals surface area contributed by atoms with Crippen molar-refractivity contribution in [2.24, 2.45) is 0 Å². The van der Waals surface area contributed by atoms with Gasteiger partial charge in [0.1, 0.15) is 0 Å². The lowest BCUT2D eigenvalue weighted by atomic mass is 9.95. The Balaban J connectivity index is 2.19. The number of rotatable bonds is 5. The van der Waals surface area contributed by atoms with Gasteiger partial charge in [0, 0.05) is 11.6 Å². The maximum Gasteiger partial charge on any atom is 0.234 e. The molecule has 0 unspecified atom stereocenters. The molecule has 16 heavy (non-hydrogen) atoms. The number of hydrogen-bond acceptors (Lipinski definition) is 2. The Kier molecular flexibility index (Phi) is 5.26. The van der Waals surface area contributed by atoms with Crippen LogP contribution in [-0.4, -0.2) is 24.0 Å². The summed E-state index contributed by atoms with van der Waals surface area (Å²) in [5.74, 6) is 0.147. The largest absolute Gasteiger partial charge is 0.352 e. The van der Waals surface area contributed by atoms with Crippen molar-refractivity contribution in [2.75, 3.05) is 6.54 Å². The van der Waals surface area contributed by atoms with Gasteiger partial charge in [-0.15, -0.1) is 0 Å². The van der Waals surface area contributed by atoms with Crippen molar-refractivity contribution in [3.8, 4) is 0 Å². The zero-order valence-electron chi connectivity index (χ0n) is 10.9. The fourth-order valence-electron chi connectivity index (χ4n) is 1.97. The summed E-state index contributed by atoms with van der Waals surface area (Å²) in [5.41, 5.74) is 0.0594. The van der Waals surface area contributed by atoms with Crippen LogP contribution in [-0.2, 0) is 4.79 Å². The first-order chi connectivity index (χ1) is 7.53. The number of amides is 1. The van der Waals surface area contributed by atoms with Gasteiger partial charge >= 0.3 is 0 Å². The number of nitrogens with one attached hydrogen (secondary N) is 2. The molecule has 1 aliphatic rings. The van der Waals surface area contributed by atoms with Crippen LogP contribution in [0.2, 0.25) is 0 Å². The molecule has 1 fully saturated rings. The van der Waals surface area contributed by atoms with Gasteiger partial charge in [-0.2, -0.15) is 0 Å². The molecule has 94 valence electrons. The summed E-state index contributed by atoms with van der Waals surface area (Å²) in [7, 11) is 0. The monoisotopic (exact) mass is 226 g/mol. The Morgan fingerprint density at radius 3 is 2.44 bits per heavy atom. The molecule has 0 saturated heterocycles. The van der Waals surface area contributed by atoms with E-state index in [4.69, 9.17) is 0 Å². The Labute approximate surface area is 99.4 Å². The average Bonchev–Trinajstić information content (AvgIpc) is 2.28. The normalized spacial score (nSPS) is 18.4. The third-order valence-corrected chi connectivity index (χ3v) is 3.58. The highest BCUT2D eigenvalue weighted by Gasteiger charge is 2.18. The summed E-state index contributed by atoms with van der Waals surface area (Å²) >= 11 is 0. The van der Waals surface area contributed by atoms with E-state index >= 15 is 0 Å². The highest BCUT2D eigenvalue weighted by Crippen LogP contribution is 2.17. The minimum Gasteiger partial charge on any atom is -0.352 e.